The van der Waals surface area contributed by atoms with Crippen molar-refractivity contribution >= 4 is 33.4 Å². The molecule has 0 aliphatic heterocycles. The van der Waals surface area contributed by atoms with Gasteiger partial charge in [-0.05, 0) is 30.3 Å². The van der Waals surface area contributed by atoms with Crippen molar-refractivity contribution in [3.63, 3.8) is 0 Å². The molecule has 0 unspecified atom stereocenters. The Morgan fingerprint density at radius 2 is 1.70 bits per heavy atom. The number of aromatic nitrogens is 1. The Morgan fingerprint density at radius 1 is 1.04 bits per heavy atom. The van der Waals surface area contributed by atoms with Crippen LogP contribution in [-0.4, -0.2) is 37.8 Å². The third kappa shape index (κ3) is 3.43. The minimum Gasteiger partial charge on any atom is -0.496 e. The number of methoxy groups -OCH3 is 3. The number of esters is 1. The highest BCUT2D eigenvalue weighted by Gasteiger charge is 2.18. The van der Waals surface area contributed by atoms with E-state index in [0.29, 0.717) is 21.9 Å². The van der Waals surface area contributed by atoms with Crippen molar-refractivity contribution in [2.75, 3.05) is 21.3 Å². The van der Waals surface area contributed by atoms with E-state index in [1.807, 2.05) is 7.05 Å². The number of fused-ring (bicyclic) bond motifs is 1. The van der Waals surface area contributed by atoms with Gasteiger partial charge in [0.25, 0.3) is 5.91 Å². The lowest BCUT2D eigenvalue weighted by Crippen LogP contribution is -2.14. The highest BCUT2D eigenvalue weighted by molar-refractivity contribution is 7.16. The maximum absolute atomic E-state index is 12.8. The lowest BCUT2D eigenvalue weighted by atomic mass is 10.1. The molecule has 3 rings (SSSR count). The van der Waals surface area contributed by atoms with Gasteiger partial charge in [-0.15, -0.1) is 0 Å². The third-order valence-corrected chi connectivity index (χ3v) is 5.16. The Morgan fingerprint density at radius 3 is 2.30 bits per heavy atom. The molecule has 2 aromatic carbocycles. The minimum absolute atomic E-state index is 0.259. The monoisotopic (exact) mass is 386 g/mol. The van der Waals surface area contributed by atoms with E-state index < -0.39 is 11.9 Å². The van der Waals surface area contributed by atoms with Crippen LogP contribution in [0.25, 0.3) is 10.2 Å². The number of thiazole rings is 1. The fraction of sp³-hybridized carbons (Fsp3) is 0.211. The molecule has 3 aromatic rings. The molecule has 0 fully saturated rings. The van der Waals surface area contributed by atoms with Gasteiger partial charge in [-0.3, -0.25) is 4.79 Å². The molecule has 1 amide bonds. The first-order valence-electron chi connectivity index (χ1n) is 7.98. The molecule has 140 valence electrons. The molecular formula is C19H18N2O5S. The average Bonchev–Trinajstić information content (AvgIpc) is 3.01. The predicted octanol–water partition coefficient (Wildman–Crippen LogP) is 2.78. The van der Waals surface area contributed by atoms with Crippen LogP contribution in [0.15, 0.2) is 41.4 Å². The second kappa shape index (κ2) is 7.63. The fourth-order valence-electron chi connectivity index (χ4n) is 2.69. The van der Waals surface area contributed by atoms with Gasteiger partial charge in [0.1, 0.15) is 17.1 Å². The SMILES string of the molecule is COC(=O)c1ccc2c(c1)sc(=NC(=O)c1c(OC)cccc1OC)n2C. The molecule has 1 aromatic heterocycles. The largest absolute Gasteiger partial charge is 0.496 e. The van der Waals surface area contributed by atoms with Crippen molar-refractivity contribution in [2.45, 2.75) is 0 Å². The van der Waals surface area contributed by atoms with E-state index in [1.165, 1.54) is 32.7 Å². The zero-order chi connectivity index (χ0) is 19.6. The second-order valence-electron chi connectivity index (χ2n) is 5.57. The summed E-state index contributed by atoms with van der Waals surface area (Å²) in [6, 6.07) is 10.3. The van der Waals surface area contributed by atoms with E-state index in [9.17, 15) is 9.59 Å². The van der Waals surface area contributed by atoms with Gasteiger partial charge >= 0.3 is 5.97 Å². The number of amides is 1. The molecular weight excluding hydrogens is 368 g/mol. The molecule has 0 aliphatic carbocycles. The summed E-state index contributed by atoms with van der Waals surface area (Å²) in [5.74, 6) is -0.111. The molecule has 0 radical (unpaired) electrons. The van der Waals surface area contributed by atoms with Crippen molar-refractivity contribution in [1.82, 2.24) is 4.57 Å². The minimum atomic E-state index is -0.473. The average molecular weight is 386 g/mol. The van der Waals surface area contributed by atoms with Crippen molar-refractivity contribution in [3.05, 3.63) is 52.3 Å². The van der Waals surface area contributed by atoms with Gasteiger partial charge in [0.2, 0.25) is 0 Å². The smallest absolute Gasteiger partial charge is 0.337 e. The van der Waals surface area contributed by atoms with E-state index >= 15 is 0 Å². The summed E-state index contributed by atoms with van der Waals surface area (Å²) in [6.45, 7) is 0. The molecule has 1 heterocycles. The van der Waals surface area contributed by atoms with Gasteiger partial charge in [0.15, 0.2) is 4.80 Å². The van der Waals surface area contributed by atoms with Crippen LogP contribution in [0, 0.1) is 0 Å². The molecule has 0 spiro atoms. The number of nitrogens with zero attached hydrogens (tertiary/aromatic N) is 2. The van der Waals surface area contributed by atoms with Crippen LogP contribution in [0.5, 0.6) is 11.5 Å². The Balaban J connectivity index is 2.12. The van der Waals surface area contributed by atoms with Gasteiger partial charge in [-0.1, -0.05) is 17.4 Å². The van der Waals surface area contributed by atoms with Crippen LogP contribution in [0.3, 0.4) is 0 Å². The lowest BCUT2D eigenvalue weighted by Gasteiger charge is -2.09. The van der Waals surface area contributed by atoms with Crippen LogP contribution in [0.2, 0.25) is 0 Å². The number of rotatable bonds is 4. The Hall–Kier alpha value is -3.13. The summed E-state index contributed by atoms with van der Waals surface area (Å²) in [5.41, 5.74) is 1.55. The fourth-order valence-corrected chi connectivity index (χ4v) is 3.75. The van der Waals surface area contributed by atoms with Crippen LogP contribution in [-0.2, 0) is 11.8 Å². The molecule has 8 heteroatoms. The summed E-state index contributed by atoms with van der Waals surface area (Å²) >= 11 is 1.30. The van der Waals surface area contributed by atoms with Crippen molar-refractivity contribution in [1.29, 1.82) is 0 Å². The van der Waals surface area contributed by atoms with Crippen LogP contribution < -0.4 is 14.3 Å². The number of hydrogen-bond donors (Lipinski definition) is 0. The van der Waals surface area contributed by atoms with Gasteiger partial charge in [-0.2, -0.15) is 4.99 Å². The maximum Gasteiger partial charge on any atom is 0.337 e. The number of hydrogen-bond acceptors (Lipinski definition) is 6. The quantitative estimate of drug-likeness (QED) is 0.644. The predicted molar refractivity (Wildman–Crippen MR) is 102 cm³/mol. The molecule has 27 heavy (non-hydrogen) atoms. The lowest BCUT2D eigenvalue weighted by molar-refractivity contribution is 0.0600. The molecule has 0 aliphatic rings. The van der Waals surface area contributed by atoms with Crippen LogP contribution >= 0.6 is 11.3 Å². The summed E-state index contributed by atoms with van der Waals surface area (Å²) in [4.78, 5) is 29.3. The summed E-state index contributed by atoms with van der Waals surface area (Å²) in [6.07, 6.45) is 0. The standard InChI is InChI=1S/C19H18N2O5S/c1-21-12-9-8-11(18(23)26-4)10-15(12)27-19(21)20-17(22)16-13(24-2)6-5-7-14(16)25-3/h5-10H,1-4H3. The second-order valence-corrected chi connectivity index (χ2v) is 6.58. The van der Waals surface area contributed by atoms with E-state index in [0.717, 1.165) is 10.2 Å². The van der Waals surface area contributed by atoms with Gasteiger partial charge < -0.3 is 18.8 Å². The first kappa shape index (κ1) is 18.7. The third-order valence-electron chi connectivity index (χ3n) is 4.07. The maximum atomic E-state index is 12.8. The number of benzene rings is 2. The van der Waals surface area contributed by atoms with Crippen LogP contribution in [0.1, 0.15) is 20.7 Å². The first-order valence-corrected chi connectivity index (χ1v) is 8.79. The summed E-state index contributed by atoms with van der Waals surface area (Å²) < 4.78 is 17.9. The molecule has 0 atom stereocenters. The number of ether oxygens (including phenoxy) is 3. The number of carbonyl (C=O) groups excluding carboxylic acids is 2. The first-order chi connectivity index (χ1) is 13.0. The molecule has 0 saturated carbocycles. The Kier molecular flexibility index (Phi) is 5.27. The zero-order valence-electron chi connectivity index (χ0n) is 15.3. The van der Waals surface area contributed by atoms with Crippen LogP contribution in [0.4, 0.5) is 0 Å². The normalized spacial score (nSPS) is 11.5. The summed E-state index contributed by atoms with van der Waals surface area (Å²) in [7, 11) is 6.11. The molecule has 7 nitrogen and oxygen atoms in total. The van der Waals surface area contributed by atoms with E-state index in [1.54, 1.807) is 41.0 Å². The van der Waals surface area contributed by atoms with Crippen molar-refractivity contribution in [2.24, 2.45) is 12.0 Å². The number of aryl methyl sites for hydroxylation is 1. The van der Waals surface area contributed by atoms with Crippen molar-refractivity contribution < 1.29 is 23.8 Å². The Labute approximate surface area is 159 Å². The van der Waals surface area contributed by atoms with E-state index in [4.69, 9.17) is 14.2 Å². The highest BCUT2D eigenvalue weighted by Crippen LogP contribution is 2.29. The van der Waals surface area contributed by atoms with E-state index in [-0.39, 0.29) is 5.56 Å². The molecule has 0 N–H and O–H groups in total. The molecule has 0 bridgehead atoms. The summed E-state index contributed by atoms with van der Waals surface area (Å²) in [5, 5.41) is 0. The van der Waals surface area contributed by atoms with Gasteiger partial charge in [0, 0.05) is 7.05 Å². The van der Waals surface area contributed by atoms with Gasteiger partial charge in [0.05, 0.1) is 37.1 Å². The van der Waals surface area contributed by atoms with Crippen molar-refractivity contribution in [3.8, 4) is 11.5 Å². The highest BCUT2D eigenvalue weighted by atomic mass is 32.1. The van der Waals surface area contributed by atoms with Gasteiger partial charge in [-0.25, -0.2) is 4.79 Å². The topological polar surface area (TPSA) is 79.1 Å². The molecule has 0 saturated heterocycles. The zero-order valence-corrected chi connectivity index (χ0v) is 16.1. The Bertz CT molecular complexity index is 1070. The number of carbonyl (C=O) groups is 2. The van der Waals surface area contributed by atoms with E-state index in [2.05, 4.69) is 4.99 Å².